The lowest BCUT2D eigenvalue weighted by Crippen LogP contribution is -2.36. The number of nitrogens with one attached hydrogen (secondary N) is 1. The molecule has 4 nitrogen and oxygen atoms in total. The van der Waals surface area contributed by atoms with Gasteiger partial charge in [-0.2, -0.15) is 0 Å². The summed E-state index contributed by atoms with van der Waals surface area (Å²) in [5.74, 6) is 0.491. The number of hydrogen-bond donors (Lipinski definition) is 1. The largest absolute Gasteiger partial charge is 0.464 e. The van der Waals surface area contributed by atoms with Crippen molar-refractivity contribution in [3.05, 3.63) is 45.8 Å². The third kappa shape index (κ3) is 8.91. The van der Waals surface area contributed by atoms with E-state index in [1.165, 1.54) is 23.9 Å². The standard InChI is InChI=1S/C22H33FN2O2S/c1-6-17(5)28-13-11-19(23)10-9-12-24-21(26)20(8-3)27-22-16(4)14-18(7-2)15-25-22/h6,10-11,13,15,18,20H,7-9,12,14H2,1-5H3,(H,24,26)/b13-11-,17-6+,19-10-. The molecule has 0 aromatic rings. The number of hydrogen-bond acceptors (Lipinski definition) is 4. The highest BCUT2D eigenvalue weighted by Gasteiger charge is 2.22. The van der Waals surface area contributed by atoms with Gasteiger partial charge in [-0.3, -0.25) is 4.79 Å². The van der Waals surface area contributed by atoms with E-state index in [2.05, 4.69) is 17.2 Å². The van der Waals surface area contributed by atoms with E-state index in [-0.39, 0.29) is 11.7 Å². The zero-order valence-corrected chi connectivity index (χ0v) is 18.4. The molecule has 1 amide bonds. The Labute approximate surface area is 173 Å². The first kappa shape index (κ1) is 24.2. The topological polar surface area (TPSA) is 50.7 Å². The van der Waals surface area contributed by atoms with E-state index in [1.54, 1.807) is 5.41 Å². The van der Waals surface area contributed by atoms with Crippen molar-refractivity contribution < 1.29 is 13.9 Å². The SMILES string of the molecule is C/C=C(\C)S/C=C\C(F)=C\CCNC(=O)C(CC)OC1=C(C)CC(CC)C=N1. The Balaban J connectivity index is 2.44. The van der Waals surface area contributed by atoms with Gasteiger partial charge in [-0.15, -0.1) is 11.8 Å². The van der Waals surface area contributed by atoms with Gasteiger partial charge in [0.2, 0.25) is 5.88 Å². The molecular weight excluding hydrogens is 375 g/mol. The molecule has 0 aromatic heterocycles. The Kier molecular flexibility index (Phi) is 11.6. The number of amides is 1. The van der Waals surface area contributed by atoms with Crippen LogP contribution in [-0.4, -0.2) is 24.8 Å². The Morgan fingerprint density at radius 2 is 2.25 bits per heavy atom. The maximum Gasteiger partial charge on any atom is 0.261 e. The third-order valence-corrected chi connectivity index (χ3v) is 5.33. The van der Waals surface area contributed by atoms with E-state index in [4.69, 9.17) is 4.74 Å². The number of nitrogens with zero attached hydrogens (tertiary/aromatic N) is 1. The summed E-state index contributed by atoms with van der Waals surface area (Å²) in [5, 5.41) is 4.52. The highest BCUT2D eigenvalue weighted by atomic mass is 32.2. The first-order chi connectivity index (χ1) is 13.4. The van der Waals surface area contributed by atoms with Gasteiger partial charge in [-0.1, -0.05) is 19.9 Å². The van der Waals surface area contributed by atoms with Gasteiger partial charge in [0.05, 0.1) is 0 Å². The molecule has 0 radical (unpaired) electrons. The fraction of sp³-hybridized carbons (Fsp3) is 0.545. The second-order valence-electron chi connectivity index (χ2n) is 6.74. The normalized spacial score (nSPS) is 19.3. The van der Waals surface area contributed by atoms with Crippen LogP contribution >= 0.6 is 11.8 Å². The fourth-order valence-corrected chi connectivity index (χ4v) is 3.06. The molecule has 28 heavy (non-hydrogen) atoms. The highest BCUT2D eigenvalue weighted by molar-refractivity contribution is 8.05. The molecule has 0 spiro atoms. The number of rotatable bonds is 11. The van der Waals surface area contributed by atoms with Crippen LogP contribution in [0.2, 0.25) is 0 Å². The molecule has 1 rings (SSSR count). The van der Waals surface area contributed by atoms with Crippen LogP contribution in [-0.2, 0) is 9.53 Å². The predicted molar refractivity (Wildman–Crippen MR) is 118 cm³/mol. The molecule has 2 atom stereocenters. The van der Waals surface area contributed by atoms with Crippen molar-refractivity contribution in [3.8, 4) is 0 Å². The second kappa shape index (κ2) is 13.4. The van der Waals surface area contributed by atoms with Crippen LogP contribution in [0.3, 0.4) is 0 Å². The Morgan fingerprint density at radius 3 is 2.86 bits per heavy atom. The van der Waals surface area contributed by atoms with E-state index in [9.17, 15) is 9.18 Å². The van der Waals surface area contributed by atoms with Crippen LogP contribution in [0.15, 0.2) is 50.8 Å². The number of carbonyl (C=O) groups excluding carboxylic acids is 1. The minimum Gasteiger partial charge on any atom is -0.464 e. The summed E-state index contributed by atoms with van der Waals surface area (Å²) < 4.78 is 19.5. The van der Waals surface area contributed by atoms with Gasteiger partial charge < -0.3 is 10.1 Å². The molecule has 0 bridgehead atoms. The molecule has 1 aliphatic heterocycles. The van der Waals surface area contributed by atoms with Crippen molar-refractivity contribution in [2.24, 2.45) is 10.9 Å². The van der Waals surface area contributed by atoms with Gasteiger partial charge in [0, 0.05) is 12.8 Å². The van der Waals surface area contributed by atoms with Gasteiger partial charge in [0.25, 0.3) is 5.91 Å². The van der Waals surface area contributed by atoms with Crippen LogP contribution in [0.5, 0.6) is 0 Å². The van der Waals surface area contributed by atoms with Crippen LogP contribution < -0.4 is 5.32 Å². The summed E-state index contributed by atoms with van der Waals surface area (Å²) in [6, 6.07) is 0. The molecule has 0 fully saturated rings. The van der Waals surface area contributed by atoms with Crippen molar-refractivity contribution in [1.82, 2.24) is 5.32 Å². The van der Waals surface area contributed by atoms with E-state index in [1.807, 2.05) is 40.0 Å². The number of thioether (sulfide) groups is 1. The number of allylic oxidation sites excluding steroid dienone is 5. The quantitative estimate of drug-likeness (QED) is 0.335. The molecule has 0 aliphatic carbocycles. The lowest BCUT2D eigenvalue weighted by atomic mass is 9.97. The summed E-state index contributed by atoms with van der Waals surface area (Å²) in [7, 11) is 0. The van der Waals surface area contributed by atoms with Crippen LogP contribution in [0.25, 0.3) is 0 Å². The molecular formula is C22H33FN2O2S. The highest BCUT2D eigenvalue weighted by Crippen LogP contribution is 2.24. The molecule has 6 heteroatoms. The summed E-state index contributed by atoms with van der Waals surface area (Å²) in [4.78, 5) is 17.8. The molecule has 1 aliphatic rings. The predicted octanol–water partition coefficient (Wildman–Crippen LogP) is 6.04. The van der Waals surface area contributed by atoms with Crippen molar-refractivity contribution in [1.29, 1.82) is 0 Å². The van der Waals surface area contributed by atoms with E-state index < -0.39 is 6.10 Å². The number of carbonyl (C=O) groups is 1. The molecule has 156 valence electrons. The zero-order chi connectivity index (χ0) is 20.9. The Hall–Kier alpha value is -1.82. The average Bonchev–Trinajstić information content (AvgIpc) is 2.69. The van der Waals surface area contributed by atoms with Gasteiger partial charge >= 0.3 is 0 Å². The van der Waals surface area contributed by atoms with Gasteiger partial charge in [-0.25, -0.2) is 9.38 Å². The van der Waals surface area contributed by atoms with Crippen molar-refractivity contribution in [2.45, 2.75) is 66.4 Å². The molecule has 1 heterocycles. The summed E-state index contributed by atoms with van der Waals surface area (Å²) in [6.07, 6.45) is 9.10. The summed E-state index contributed by atoms with van der Waals surface area (Å²) in [6.45, 7) is 10.3. The zero-order valence-electron chi connectivity index (χ0n) is 17.6. The van der Waals surface area contributed by atoms with Gasteiger partial charge in [0.15, 0.2) is 6.10 Å². The van der Waals surface area contributed by atoms with Crippen LogP contribution in [0.1, 0.15) is 60.3 Å². The average molecular weight is 409 g/mol. The van der Waals surface area contributed by atoms with Crippen LogP contribution in [0.4, 0.5) is 4.39 Å². The third-order valence-electron chi connectivity index (χ3n) is 4.45. The van der Waals surface area contributed by atoms with E-state index >= 15 is 0 Å². The number of halogens is 1. The van der Waals surface area contributed by atoms with Crippen molar-refractivity contribution in [3.63, 3.8) is 0 Å². The summed E-state index contributed by atoms with van der Waals surface area (Å²) in [5.41, 5.74) is 1.07. The second-order valence-corrected chi connectivity index (χ2v) is 7.89. The minimum atomic E-state index is -0.589. The maximum atomic E-state index is 13.7. The summed E-state index contributed by atoms with van der Waals surface area (Å²) >= 11 is 1.47. The minimum absolute atomic E-state index is 0.195. The van der Waals surface area contributed by atoms with Crippen LogP contribution in [0, 0.1) is 5.92 Å². The molecule has 1 N–H and O–H groups in total. The lowest BCUT2D eigenvalue weighted by molar-refractivity contribution is -0.130. The smallest absolute Gasteiger partial charge is 0.261 e. The van der Waals surface area contributed by atoms with Crippen molar-refractivity contribution in [2.75, 3.05) is 6.54 Å². The fourth-order valence-electron chi connectivity index (χ4n) is 2.52. The Morgan fingerprint density at radius 1 is 1.50 bits per heavy atom. The first-order valence-electron chi connectivity index (χ1n) is 9.91. The molecule has 0 aromatic carbocycles. The molecule has 0 saturated carbocycles. The number of aliphatic imine (C=N–C) groups is 1. The Bertz CT molecular complexity index is 665. The maximum absolute atomic E-state index is 13.7. The molecule has 2 unspecified atom stereocenters. The van der Waals surface area contributed by atoms with E-state index in [0.717, 1.165) is 23.3 Å². The molecule has 0 saturated heterocycles. The van der Waals surface area contributed by atoms with Gasteiger partial charge in [-0.05, 0) is 80.4 Å². The van der Waals surface area contributed by atoms with E-state index in [0.29, 0.717) is 31.2 Å². The van der Waals surface area contributed by atoms with Gasteiger partial charge in [0.1, 0.15) is 5.83 Å². The lowest BCUT2D eigenvalue weighted by Gasteiger charge is -2.22. The monoisotopic (exact) mass is 408 g/mol. The number of ether oxygens (including phenoxy) is 1. The van der Waals surface area contributed by atoms with Crippen molar-refractivity contribution >= 4 is 23.9 Å². The first-order valence-corrected chi connectivity index (χ1v) is 10.8.